The average Bonchev–Trinajstić information content (AvgIpc) is 1.78. The van der Waals surface area contributed by atoms with Crippen LogP contribution in [-0.4, -0.2) is 30.7 Å². The monoisotopic (exact) mass is 199 g/mol. The van der Waals surface area contributed by atoms with Crippen molar-refractivity contribution < 1.29 is 22.1 Å². The first kappa shape index (κ1) is 11.8. The van der Waals surface area contributed by atoms with Gasteiger partial charge in [-0.25, -0.2) is 12.8 Å². The van der Waals surface area contributed by atoms with Crippen molar-refractivity contribution in [3.8, 4) is 0 Å². The second-order valence-corrected chi connectivity index (χ2v) is 4.82. The van der Waals surface area contributed by atoms with E-state index in [0.717, 1.165) is 0 Å². The minimum absolute atomic E-state index is 0.644. The van der Waals surface area contributed by atoms with E-state index in [-0.39, 0.29) is 0 Å². The zero-order chi connectivity index (χ0) is 9.99. The van der Waals surface area contributed by atoms with E-state index in [2.05, 4.69) is 0 Å². The van der Waals surface area contributed by atoms with Crippen LogP contribution in [0.15, 0.2) is 0 Å². The van der Waals surface area contributed by atoms with Crippen molar-refractivity contribution in [1.29, 1.82) is 0 Å². The third-order valence-corrected chi connectivity index (χ3v) is 1.72. The summed E-state index contributed by atoms with van der Waals surface area (Å²) in [4.78, 5) is 0. The number of halogens is 1. The first-order valence-electron chi connectivity index (χ1n) is 3.35. The predicted octanol–water partition coefficient (Wildman–Crippen LogP) is 0.642. The van der Waals surface area contributed by atoms with Crippen LogP contribution in [-0.2, 0) is 14.9 Å². The first-order valence-corrected chi connectivity index (χ1v) is 4.83. The molecule has 0 N–H and O–H groups in total. The summed E-state index contributed by atoms with van der Waals surface area (Å²) in [6.07, 6.45) is 0. The SMILES string of the molecule is CC(C)(C)OCC(F)S(=O)(=O)[O-]. The smallest absolute Gasteiger partial charge is 0.212 e. The zero-order valence-electron chi connectivity index (χ0n) is 7.20. The Morgan fingerprint density at radius 1 is 1.50 bits per heavy atom. The topological polar surface area (TPSA) is 66.4 Å². The maximum absolute atomic E-state index is 12.4. The van der Waals surface area contributed by atoms with Crippen LogP contribution in [0, 0.1) is 0 Å². The molecule has 0 aromatic carbocycles. The highest BCUT2D eigenvalue weighted by atomic mass is 32.2. The van der Waals surface area contributed by atoms with Crippen molar-refractivity contribution in [2.24, 2.45) is 0 Å². The Kier molecular flexibility index (Phi) is 3.61. The molecular formula is C6H12FO4S-. The summed E-state index contributed by atoms with van der Waals surface area (Å²) in [6.45, 7) is 4.20. The predicted molar refractivity (Wildman–Crippen MR) is 40.3 cm³/mol. The highest BCUT2D eigenvalue weighted by Gasteiger charge is 2.19. The standard InChI is InChI=1S/C6H13FO4S/c1-6(2,3)11-4-5(7)12(8,9)10/h5H,4H2,1-3H3,(H,8,9,10)/p-1. The van der Waals surface area contributed by atoms with Crippen LogP contribution in [0.2, 0.25) is 0 Å². The van der Waals surface area contributed by atoms with Crippen LogP contribution < -0.4 is 0 Å². The van der Waals surface area contributed by atoms with Crippen molar-refractivity contribution in [1.82, 2.24) is 0 Å². The Morgan fingerprint density at radius 3 is 2.17 bits per heavy atom. The summed E-state index contributed by atoms with van der Waals surface area (Å²) in [5.74, 6) is 0. The molecule has 1 atom stereocenters. The van der Waals surface area contributed by atoms with Crippen LogP contribution in [0.3, 0.4) is 0 Å². The molecule has 6 heteroatoms. The highest BCUT2D eigenvalue weighted by molar-refractivity contribution is 7.86. The molecule has 4 nitrogen and oxygen atoms in total. The molecule has 0 aliphatic heterocycles. The van der Waals surface area contributed by atoms with Gasteiger partial charge < -0.3 is 9.29 Å². The Hall–Kier alpha value is -0.200. The van der Waals surface area contributed by atoms with Crippen molar-refractivity contribution in [3.05, 3.63) is 0 Å². The first-order chi connectivity index (χ1) is 5.13. The molecule has 0 saturated heterocycles. The summed E-state index contributed by atoms with van der Waals surface area (Å²) >= 11 is 0. The van der Waals surface area contributed by atoms with E-state index < -0.39 is 27.8 Å². The third kappa shape index (κ3) is 5.45. The summed E-state index contributed by atoms with van der Waals surface area (Å²) in [5.41, 5.74) is -3.12. The molecule has 0 fully saturated rings. The van der Waals surface area contributed by atoms with Crippen LogP contribution in [0.25, 0.3) is 0 Å². The van der Waals surface area contributed by atoms with Gasteiger partial charge in [0.2, 0.25) is 5.50 Å². The Labute approximate surface area is 71.5 Å². The molecule has 0 saturated carbocycles. The summed E-state index contributed by atoms with van der Waals surface area (Å²) in [6, 6.07) is 0. The molecule has 0 aliphatic rings. The van der Waals surface area contributed by atoms with E-state index >= 15 is 0 Å². The van der Waals surface area contributed by atoms with E-state index in [1.165, 1.54) is 0 Å². The Bertz CT molecular complexity index is 228. The lowest BCUT2D eigenvalue weighted by atomic mass is 10.2. The normalized spacial score (nSPS) is 16.1. The van der Waals surface area contributed by atoms with E-state index in [4.69, 9.17) is 4.74 Å². The van der Waals surface area contributed by atoms with Gasteiger partial charge in [-0.3, -0.25) is 0 Å². The van der Waals surface area contributed by atoms with E-state index in [9.17, 15) is 17.4 Å². The second kappa shape index (κ2) is 3.68. The fourth-order valence-electron chi connectivity index (χ4n) is 0.399. The van der Waals surface area contributed by atoms with Crippen molar-refractivity contribution >= 4 is 10.1 Å². The van der Waals surface area contributed by atoms with Crippen LogP contribution in [0.5, 0.6) is 0 Å². The van der Waals surface area contributed by atoms with E-state index in [1.807, 2.05) is 0 Å². The minimum Gasteiger partial charge on any atom is -0.746 e. The molecule has 0 rings (SSSR count). The molecule has 0 heterocycles. The second-order valence-electron chi connectivity index (χ2n) is 3.33. The summed E-state index contributed by atoms with van der Waals surface area (Å²) in [5, 5.41) is 0. The van der Waals surface area contributed by atoms with Gasteiger partial charge in [0.15, 0.2) is 0 Å². The molecular weight excluding hydrogens is 187 g/mol. The molecule has 1 unspecified atom stereocenters. The Balaban J connectivity index is 3.98. The number of ether oxygens (including phenoxy) is 1. The number of alkyl halides is 1. The van der Waals surface area contributed by atoms with Gasteiger partial charge >= 0.3 is 0 Å². The zero-order valence-corrected chi connectivity index (χ0v) is 8.02. The molecule has 0 aliphatic carbocycles. The fourth-order valence-corrected chi connectivity index (χ4v) is 0.634. The fraction of sp³-hybridized carbons (Fsp3) is 1.00. The molecule has 0 aromatic rings. The molecule has 0 bridgehead atoms. The van der Waals surface area contributed by atoms with Gasteiger partial charge in [0.05, 0.1) is 12.2 Å². The lowest BCUT2D eigenvalue weighted by molar-refractivity contribution is -0.0168. The average molecular weight is 199 g/mol. The van der Waals surface area contributed by atoms with Crippen LogP contribution in [0.4, 0.5) is 4.39 Å². The lowest BCUT2D eigenvalue weighted by Gasteiger charge is -2.21. The highest BCUT2D eigenvalue weighted by Crippen LogP contribution is 2.10. The molecule has 12 heavy (non-hydrogen) atoms. The van der Waals surface area contributed by atoms with Crippen molar-refractivity contribution in [2.45, 2.75) is 31.9 Å². The van der Waals surface area contributed by atoms with Gasteiger partial charge in [0.25, 0.3) is 0 Å². The van der Waals surface area contributed by atoms with Gasteiger partial charge in [-0.2, -0.15) is 0 Å². The summed E-state index contributed by atoms with van der Waals surface area (Å²) < 4.78 is 47.3. The van der Waals surface area contributed by atoms with Gasteiger partial charge in [-0.15, -0.1) is 0 Å². The maximum atomic E-state index is 12.4. The van der Waals surface area contributed by atoms with E-state index in [0.29, 0.717) is 0 Å². The lowest BCUT2D eigenvalue weighted by Crippen LogP contribution is -2.28. The van der Waals surface area contributed by atoms with E-state index in [1.54, 1.807) is 20.8 Å². The number of rotatable bonds is 3. The maximum Gasteiger partial charge on any atom is 0.212 e. The number of hydrogen-bond acceptors (Lipinski definition) is 4. The molecule has 0 radical (unpaired) electrons. The van der Waals surface area contributed by atoms with Gasteiger partial charge in [-0.1, -0.05) is 0 Å². The third-order valence-electron chi connectivity index (χ3n) is 0.961. The van der Waals surface area contributed by atoms with Gasteiger partial charge in [0.1, 0.15) is 10.1 Å². The molecule has 0 aromatic heterocycles. The summed E-state index contributed by atoms with van der Waals surface area (Å²) in [7, 11) is -4.87. The largest absolute Gasteiger partial charge is 0.746 e. The van der Waals surface area contributed by atoms with Gasteiger partial charge in [0, 0.05) is 0 Å². The minimum atomic E-state index is -4.87. The van der Waals surface area contributed by atoms with Gasteiger partial charge in [-0.05, 0) is 20.8 Å². The van der Waals surface area contributed by atoms with Crippen molar-refractivity contribution in [2.75, 3.05) is 6.61 Å². The quantitative estimate of drug-likeness (QED) is 0.626. The molecule has 0 spiro atoms. The number of hydrogen-bond donors (Lipinski definition) is 0. The molecule has 74 valence electrons. The van der Waals surface area contributed by atoms with Crippen LogP contribution >= 0.6 is 0 Å². The van der Waals surface area contributed by atoms with Crippen LogP contribution in [0.1, 0.15) is 20.8 Å². The van der Waals surface area contributed by atoms with Crippen molar-refractivity contribution in [3.63, 3.8) is 0 Å². The Morgan fingerprint density at radius 2 is 1.92 bits per heavy atom. The molecule has 0 amide bonds.